The molecule has 2 amide bonds. The normalized spacial score (nSPS) is 14.1. The second-order valence-corrected chi connectivity index (χ2v) is 6.69. The minimum Gasteiger partial charge on any atom is -0.494 e. The third-order valence-electron chi connectivity index (χ3n) is 4.69. The first kappa shape index (κ1) is 19.9. The van der Waals surface area contributed by atoms with Gasteiger partial charge < -0.3 is 19.9 Å². The van der Waals surface area contributed by atoms with Crippen molar-refractivity contribution < 1.29 is 18.3 Å². The smallest absolute Gasteiger partial charge is 0.317 e. The number of benzene rings is 2. The Bertz CT molecular complexity index is 745. The molecule has 150 valence electrons. The van der Waals surface area contributed by atoms with E-state index in [1.165, 1.54) is 24.3 Å². The maximum absolute atomic E-state index is 13.0. The van der Waals surface area contributed by atoms with Crippen LogP contribution < -0.4 is 15.0 Å². The van der Waals surface area contributed by atoms with E-state index in [1.54, 1.807) is 29.2 Å². The Balaban J connectivity index is 1.28. The number of amides is 2. The second kappa shape index (κ2) is 9.92. The fourth-order valence-corrected chi connectivity index (χ4v) is 3.07. The molecule has 3 rings (SSSR count). The highest BCUT2D eigenvalue weighted by Crippen LogP contribution is 2.17. The SMILES string of the molecule is O=C(NCCCCOc1ccc(F)cc1)N1CCN(c2ccc(F)cc2)CC1. The number of halogens is 2. The van der Waals surface area contributed by atoms with Crippen molar-refractivity contribution >= 4 is 11.7 Å². The molecule has 28 heavy (non-hydrogen) atoms. The Hall–Kier alpha value is -2.83. The van der Waals surface area contributed by atoms with E-state index in [-0.39, 0.29) is 17.7 Å². The standard InChI is InChI=1S/C21H25F2N3O2/c22-17-3-7-19(8-4-17)25-12-14-26(15-13-25)21(27)24-11-1-2-16-28-20-9-5-18(23)6-10-20/h3-10H,1-2,11-16H2,(H,24,27). The van der Waals surface area contributed by atoms with Crippen LogP contribution in [0.25, 0.3) is 0 Å². The summed E-state index contributed by atoms with van der Waals surface area (Å²) in [6.45, 7) is 3.84. The van der Waals surface area contributed by atoms with Gasteiger partial charge in [-0.3, -0.25) is 0 Å². The lowest BCUT2D eigenvalue weighted by atomic mass is 10.2. The highest BCUT2D eigenvalue weighted by atomic mass is 19.1. The highest BCUT2D eigenvalue weighted by molar-refractivity contribution is 5.74. The van der Waals surface area contributed by atoms with Crippen molar-refractivity contribution in [2.75, 3.05) is 44.2 Å². The van der Waals surface area contributed by atoms with Gasteiger partial charge in [-0.1, -0.05) is 0 Å². The first-order valence-electron chi connectivity index (χ1n) is 9.53. The number of hydrogen-bond acceptors (Lipinski definition) is 3. The van der Waals surface area contributed by atoms with Gasteiger partial charge in [0.25, 0.3) is 0 Å². The van der Waals surface area contributed by atoms with Crippen molar-refractivity contribution in [3.63, 3.8) is 0 Å². The number of unbranched alkanes of at least 4 members (excludes halogenated alkanes) is 1. The molecule has 0 radical (unpaired) electrons. The van der Waals surface area contributed by atoms with E-state index in [0.29, 0.717) is 32.0 Å². The second-order valence-electron chi connectivity index (χ2n) is 6.69. The van der Waals surface area contributed by atoms with Crippen molar-refractivity contribution in [2.24, 2.45) is 0 Å². The van der Waals surface area contributed by atoms with Crippen LogP contribution >= 0.6 is 0 Å². The van der Waals surface area contributed by atoms with Crippen molar-refractivity contribution in [1.29, 1.82) is 0 Å². The average Bonchev–Trinajstić information content (AvgIpc) is 2.72. The summed E-state index contributed by atoms with van der Waals surface area (Å²) in [6.07, 6.45) is 1.61. The molecule has 0 spiro atoms. The molecule has 1 fully saturated rings. The number of nitrogens with one attached hydrogen (secondary N) is 1. The van der Waals surface area contributed by atoms with E-state index >= 15 is 0 Å². The van der Waals surface area contributed by atoms with Crippen molar-refractivity contribution in [1.82, 2.24) is 10.2 Å². The molecule has 1 saturated heterocycles. The molecular weight excluding hydrogens is 364 g/mol. The molecule has 0 saturated carbocycles. The molecule has 0 unspecified atom stereocenters. The number of ether oxygens (including phenoxy) is 1. The van der Waals surface area contributed by atoms with Gasteiger partial charge in [0.1, 0.15) is 17.4 Å². The number of carbonyl (C=O) groups is 1. The number of anilines is 1. The number of piperazine rings is 1. The van der Waals surface area contributed by atoms with E-state index in [2.05, 4.69) is 10.2 Å². The zero-order valence-electron chi connectivity index (χ0n) is 15.7. The van der Waals surface area contributed by atoms with Crippen LogP contribution in [0.15, 0.2) is 48.5 Å². The van der Waals surface area contributed by atoms with E-state index in [9.17, 15) is 13.6 Å². The number of nitrogens with zero attached hydrogens (tertiary/aromatic N) is 2. The van der Waals surface area contributed by atoms with Crippen LogP contribution in [0.1, 0.15) is 12.8 Å². The van der Waals surface area contributed by atoms with Gasteiger partial charge in [-0.25, -0.2) is 13.6 Å². The summed E-state index contributed by atoms with van der Waals surface area (Å²) in [5, 5.41) is 2.93. The fourth-order valence-electron chi connectivity index (χ4n) is 3.07. The summed E-state index contributed by atoms with van der Waals surface area (Å²) >= 11 is 0. The van der Waals surface area contributed by atoms with Gasteiger partial charge in [0.2, 0.25) is 0 Å². The minimum absolute atomic E-state index is 0.0572. The molecule has 1 aliphatic rings. The van der Waals surface area contributed by atoms with Gasteiger partial charge in [-0.05, 0) is 61.4 Å². The lowest BCUT2D eigenvalue weighted by molar-refractivity contribution is 0.194. The lowest BCUT2D eigenvalue weighted by Gasteiger charge is -2.36. The molecule has 0 atom stereocenters. The lowest BCUT2D eigenvalue weighted by Crippen LogP contribution is -2.52. The van der Waals surface area contributed by atoms with Crippen LogP contribution in [-0.4, -0.2) is 50.3 Å². The number of urea groups is 1. The molecule has 0 bridgehead atoms. The molecule has 1 aliphatic heterocycles. The largest absolute Gasteiger partial charge is 0.494 e. The Morgan fingerprint density at radius 1 is 0.893 bits per heavy atom. The molecular formula is C21H25F2N3O2. The topological polar surface area (TPSA) is 44.8 Å². The van der Waals surface area contributed by atoms with E-state index in [1.807, 2.05) is 0 Å². The molecule has 0 aromatic heterocycles. The van der Waals surface area contributed by atoms with Gasteiger partial charge in [0, 0.05) is 38.4 Å². The highest BCUT2D eigenvalue weighted by Gasteiger charge is 2.20. The molecule has 1 heterocycles. The summed E-state index contributed by atoms with van der Waals surface area (Å²) in [5.74, 6) is 0.114. The van der Waals surface area contributed by atoms with Gasteiger partial charge in [0.15, 0.2) is 0 Å². The quantitative estimate of drug-likeness (QED) is 0.735. The third-order valence-corrected chi connectivity index (χ3v) is 4.69. The Labute approximate surface area is 163 Å². The summed E-state index contributed by atoms with van der Waals surface area (Å²) in [7, 11) is 0. The Morgan fingerprint density at radius 3 is 2.14 bits per heavy atom. The minimum atomic E-state index is -0.284. The van der Waals surface area contributed by atoms with Crippen LogP contribution in [0, 0.1) is 11.6 Å². The van der Waals surface area contributed by atoms with Crippen LogP contribution in [-0.2, 0) is 0 Å². The van der Waals surface area contributed by atoms with E-state index in [4.69, 9.17) is 4.74 Å². The zero-order valence-corrected chi connectivity index (χ0v) is 15.7. The van der Waals surface area contributed by atoms with E-state index in [0.717, 1.165) is 31.6 Å². The van der Waals surface area contributed by atoms with Crippen LogP contribution in [0.4, 0.5) is 19.3 Å². The van der Waals surface area contributed by atoms with Gasteiger partial charge >= 0.3 is 6.03 Å². The number of rotatable bonds is 7. The summed E-state index contributed by atoms with van der Waals surface area (Å²) in [5.41, 5.74) is 0.975. The monoisotopic (exact) mass is 389 g/mol. The predicted molar refractivity (Wildman–Crippen MR) is 105 cm³/mol. The average molecular weight is 389 g/mol. The maximum atomic E-state index is 13.0. The maximum Gasteiger partial charge on any atom is 0.317 e. The number of carbonyl (C=O) groups excluding carboxylic acids is 1. The molecule has 2 aromatic carbocycles. The van der Waals surface area contributed by atoms with Crippen LogP contribution in [0.5, 0.6) is 5.75 Å². The Morgan fingerprint density at radius 2 is 1.50 bits per heavy atom. The fraction of sp³-hybridized carbons (Fsp3) is 0.381. The van der Waals surface area contributed by atoms with Crippen LogP contribution in [0.3, 0.4) is 0 Å². The molecule has 2 aromatic rings. The van der Waals surface area contributed by atoms with Crippen molar-refractivity contribution in [3.05, 3.63) is 60.2 Å². The summed E-state index contributed by atoms with van der Waals surface area (Å²) in [4.78, 5) is 16.2. The molecule has 0 aliphatic carbocycles. The summed E-state index contributed by atoms with van der Waals surface area (Å²) in [6, 6.07) is 12.3. The van der Waals surface area contributed by atoms with Crippen molar-refractivity contribution in [3.8, 4) is 5.75 Å². The van der Waals surface area contributed by atoms with Gasteiger partial charge in [-0.15, -0.1) is 0 Å². The molecule has 7 heteroatoms. The summed E-state index contributed by atoms with van der Waals surface area (Å²) < 4.78 is 31.4. The predicted octanol–water partition coefficient (Wildman–Crippen LogP) is 3.66. The molecule has 1 N–H and O–H groups in total. The zero-order chi connectivity index (χ0) is 19.8. The van der Waals surface area contributed by atoms with E-state index < -0.39 is 0 Å². The third kappa shape index (κ3) is 5.84. The van der Waals surface area contributed by atoms with Crippen molar-refractivity contribution in [2.45, 2.75) is 12.8 Å². The first-order chi connectivity index (χ1) is 13.6. The first-order valence-corrected chi connectivity index (χ1v) is 9.53. The number of hydrogen-bond donors (Lipinski definition) is 1. The van der Waals surface area contributed by atoms with Crippen LogP contribution in [0.2, 0.25) is 0 Å². The Kier molecular flexibility index (Phi) is 7.06. The van der Waals surface area contributed by atoms with Gasteiger partial charge in [-0.2, -0.15) is 0 Å². The van der Waals surface area contributed by atoms with Gasteiger partial charge in [0.05, 0.1) is 6.61 Å². The molecule has 5 nitrogen and oxygen atoms in total.